The Morgan fingerprint density at radius 1 is 1.08 bits per heavy atom. The molecular formula is C16H13ClF2N2O4. The second kappa shape index (κ2) is 8.29. The van der Waals surface area contributed by atoms with Crippen molar-refractivity contribution in [1.29, 1.82) is 0 Å². The molecular weight excluding hydrogens is 358 g/mol. The Hall–Kier alpha value is -2.87. The molecule has 6 nitrogen and oxygen atoms in total. The summed E-state index contributed by atoms with van der Waals surface area (Å²) in [6.07, 6.45) is 0. The van der Waals surface area contributed by atoms with Crippen LogP contribution >= 0.6 is 11.6 Å². The summed E-state index contributed by atoms with van der Waals surface area (Å²) in [6, 6.07) is 9.56. The van der Waals surface area contributed by atoms with Crippen molar-refractivity contribution in [2.45, 2.75) is 6.61 Å². The van der Waals surface area contributed by atoms with E-state index in [1.807, 2.05) is 0 Å². The summed E-state index contributed by atoms with van der Waals surface area (Å²) in [6.45, 7) is -3.01. The number of nitrogens with one attached hydrogen (secondary N) is 2. The van der Waals surface area contributed by atoms with Crippen LogP contribution in [0.15, 0.2) is 42.5 Å². The van der Waals surface area contributed by atoms with Crippen molar-refractivity contribution in [3.8, 4) is 11.5 Å². The lowest BCUT2D eigenvalue weighted by Gasteiger charge is -2.11. The molecule has 0 saturated heterocycles. The molecule has 0 aliphatic carbocycles. The molecule has 25 heavy (non-hydrogen) atoms. The van der Waals surface area contributed by atoms with Crippen LogP contribution < -0.4 is 20.3 Å². The van der Waals surface area contributed by atoms with Crippen LogP contribution in [0.5, 0.6) is 11.5 Å². The van der Waals surface area contributed by atoms with Crippen LogP contribution in [-0.4, -0.2) is 25.5 Å². The van der Waals surface area contributed by atoms with Crippen molar-refractivity contribution in [3.63, 3.8) is 0 Å². The summed E-state index contributed by atoms with van der Waals surface area (Å²) in [5, 5.41) is 0.314. The quantitative estimate of drug-likeness (QED) is 0.793. The summed E-state index contributed by atoms with van der Waals surface area (Å²) in [5.41, 5.74) is 4.50. The Bertz CT molecular complexity index is 786. The van der Waals surface area contributed by atoms with Gasteiger partial charge in [-0.2, -0.15) is 8.78 Å². The van der Waals surface area contributed by atoms with Gasteiger partial charge < -0.3 is 9.47 Å². The molecule has 0 aliphatic rings. The molecule has 9 heteroatoms. The molecule has 2 N–H and O–H groups in total. The van der Waals surface area contributed by atoms with Crippen LogP contribution in [0, 0.1) is 0 Å². The molecule has 0 saturated carbocycles. The lowest BCUT2D eigenvalue weighted by molar-refractivity contribution is -0.0498. The van der Waals surface area contributed by atoms with E-state index in [0.29, 0.717) is 5.02 Å². The largest absolute Gasteiger partial charge is 0.496 e. The van der Waals surface area contributed by atoms with Gasteiger partial charge in [-0.25, -0.2) is 0 Å². The predicted octanol–water partition coefficient (Wildman–Crippen LogP) is 3.02. The average molecular weight is 371 g/mol. The molecule has 2 aromatic carbocycles. The first-order chi connectivity index (χ1) is 11.9. The number of benzene rings is 2. The van der Waals surface area contributed by atoms with Gasteiger partial charge in [0, 0.05) is 10.6 Å². The van der Waals surface area contributed by atoms with E-state index in [-0.39, 0.29) is 22.6 Å². The van der Waals surface area contributed by atoms with Gasteiger partial charge in [0.1, 0.15) is 11.5 Å². The van der Waals surface area contributed by atoms with E-state index in [4.69, 9.17) is 16.3 Å². The van der Waals surface area contributed by atoms with Crippen molar-refractivity contribution in [3.05, 3.63) is 58.6 Å². The molecule has 2 aromatic rings. The highest BCUT2D eigenvalue weighted by molar-refractivity contribution is 6.31. The first kappa shape index (κ1) is 18.5. The van der Waals surface area contributed by atoms with E-state index in [2.05, 4.69) is 15.6 Å². The number of hydrogen-bond acceptors (Lipinski definition) is 4. The van der Waals surface area contributed by atoms with E-state index in [1.54, 1.807) is 6.07 Å². The number of rotatable bonds is 5. The lowest BCUT2D eigenvalue weighted by atomic mass is 10.2. The molecule has 0 radical (unpaired) electrons. The van der Waals surface area contributed by atoms with Crippen molar-refractivity contribution in [2.75, 3.05) is 7.11 Å². The highest BCUT2D eigenvalue weighted by Gasteiger charge is 2.15. The number of carbonyl (C=O) groups is 2. The number of carbonyl (C=O) groups excluding carboxylic acids is 2. The first-order valence-corrected chi connectivity index (χ1v) is 7.27. The van der Waals surface area contributed by atoms with Gasteiger partial charge in [0.25, 0.3) is 11.8 Å². The van der Waals surface area contributed by atoms with E-state index < -0.39 is 18.4 Å². The van der Waals surface area contributed by atoms with Gasteiger partial charge in [-0.05, 0) is 36.4 Å². The van der Waals surface area contributed by atoms with Gasteiger partial charge in [0.2, 0.25) is 0 Å². The SMILES string of the molecule is COc1ccc(Cl)cc1C(=O)NNC(=O)c1cccc(OC(F)F)c1. The van der Waals surface area contributed by atoms with Gasteiger partial charge in [-0.1, -0.05) is 17.7 Å². The van der Waals surface area contributed by atoms with Gasteiger partial charge in [-0.3, -0.25) is 20.4 Å². The zero-order valence-corrected chi connectivity index (χ0v) is 13.6. The highest BCUT2D eigenvalue weighted by atomic mass is 35.5. The highest BCUT2D eigenvalue weighted by Crippen LogP contribution is 2.22. The number of alkyl halides is 2. The third kappa shape index (κ3) is 5.05. The van der Waals surface area contributed by atoms with E-state index in [0.717, 1.165) is 6.07 Å². The van der Waals surface area contributed by atoms with Gasteiger partial charge >= 0.3 is 6.61 Å². The minimum absolute atomic E-state index is 0.0245. The van der Waals surface area contributed by atoms with E-state index >= 15 is 0 Å². The van der Waals surface area contributed by atoms with Gasteiger partial charge in [0.05, 0.1) is 12.7 Å². The fraction of sp³-hybridized carbons (Fsp3) is 0.125. The Morgan fingerprint density at radius 2 is 1.80 bits per heavy atom. The molecule has 2 rings (SSSR count). The molecule has 0 fully saturated rings. The molecule has 0 atom stereocenters. The maximum Gasteiger partial charge on any atom is 0.387 e. The Balaban J connectivity index is 2.05. The van der Waals surface area contributed by atoms with Crippen LogP contribution in [0.2, 0.25) is 5.02 Å². The summed E-state index contributed by atoms with van der Waals surface area (Å²) in [7, 11) is 1.38. The Morgan fingerprint density at radius 3 is 2.48 bits per heavy atom. The van der Waals surface area contributed by atoms with E-state index in [9.17, 15) is 18.4 Å². The Kier molecular flexibility index (Phi) is 6.13. The molecule has 0 aliphatic heterocycles. The maximum absolute atomic E-state index is 12.2. The number of hydrazine groups is 1. The summed E-state index contributed by atoms with van der Waals surface area (Å²) in [5.74, 6) is -1.28. The number of hydrogen-bond donors (Lipinski definition) is 2. The van der Waals surface area contributed by atoms with Crippen molar-refractivity contribution in [1.82, 2.24) is 10.9 Å². The van der Waals surface area contributed by atoms with Crippen LogP contribution in [0.4, 0.5) is 8.78 Å². The molecule has 0 bridgehead atoms. The lowest BCUT2D eigenvalue weighted by Crippen LogP contribution is -2.41. The number of ether oxygens (including phenoxy) is 2. The first-order valence-electron chi connectivity index (χ1n) is 6.90. The zero-order valence-electron chi connectivity index (χ0n) is 12.9. The summed E-state index contributed by atoms with van der Waals surface area (Å²) >= 11 is 5.84. The predicted molar refractivity (Wildman–Crippen MR) is 86.0 cm³/mol. The normalized spacial score (nSPS) is 10.3. The van der Waals surface area contributed by atoms with Crippen LogP contribution in [-0.2, 0) is 0 Å². The second-order valence-electron chi connectivity index (χ2n) is 4.66. The number of amides is 2. The van der Waals surface area contributed by atoms with Gasteiger partial charge in [0.15, 0.2) is 0 Å². The van der Waals surface area contributed by atoms with Crippen LogP contribution in [0.1, 0.15) is 20.7 Å². The molecule has 132 valence electrons. The fourth-order valence-electron chi connectivity index (χ4n) is 1.92. The number of methoxy groups -OCH3 is 1. The van der Waals surface area contributed by atoms with Crippen molar-refractivity contribution < 1.29 is 27.8 Å². The van der Waals surface area contributed by atoms with Crippen molar-refractivity contribution in [2.24, 2.45) is 0 Å². The summed E-state index contributed by atoms with van der Waals surface area (Å²) in [4.78, 5) is 24.2. The van der Waals surface area contributed by atoms with E-state index in [1.165, 1.54) is 37.4 Å². The second-order valence-corrected chi connectivity index (χ2v) is 5.10. The minimum Gasteiger partial charge on any atom is -0.496 e. The van der Waals surface area contributed by atoms with Gasteiger partial charge in [-0.15, -0.1) is 0 Å². The van der Waals surface area contributed by atoms with Crippen LogP contribution in [0.25, 0.3) is 0 Å². The number of halogens is 3. The minimum atomic E-state index is -3.01. The third-order valence-corrected chi connectivity index (χ3v) is 3.25. The zero-order chi connectivity index (χ0) is 18.4. The monoisotopic (exact) mass is 370 g/mol. The smallest absolute Gasteiger partial charge is 0.387 e. The third-order valence-electron chi connectivity index (χ3n) is 3.02. The summed E-state index contributed by atoms with van der Waals surface area (Å²) < 4.78 is 33.7. The molecule has 0 aromatic heterocycles. The fourth-order valence-corrected chi connectivity index (χ4v) is 2.10. The topological polar surface area (TPSA) is 76.7 Å². The molecule has 0 heterocycles. The van der Waals surface area contributed by atoms with Crippen molar-refractivity contribution >= 4 is 23.4 Å². The molecule has 2 amide bonds. The molecule has 0 unspecified atom stereocenters. The maximum atomic E-state index is 12.2. The van der Waals surface area contributed by atoms with Crippen LogP contribution in [0.3, 0.4) is 0 Å². The average Bonchev–Trinajstić information content (AvgIpc) is 2.59. The molecule has 0 spiro atoms. The standard InChI is InChI=1S/C16H13ClF2N2O4/c1-24-13-6-5-10(17)8-12(13)15(23)21-20-14(22)9-3-2-4-11(7-9)25-16(18)19/h2-8,16H,1H3,(H,20,22)(H,21,23). The Labute approximate surface area is 146 Å².